The van der Waals surface area contributed by atoms with E-state index in [4.69, 9.17) is 9.47 Å². The monoisotopic (exact) mass is 413 g/mol. The van der Waals surface area contributed by atoms with E-state index in [-0.39, 0.29) is 13.0 Å². The molecule has 1 aliphatic heterocycles. The van der Waals surface area contributed by atoms with Crippen LogP contribution in [0.5, 0.6) is 5.75 Å². The average Bonchev–Trinajstić information content (AvgIpc) is 2.92. The molecule has 0 bridgehead atoms. The molecule has 0 aliphatic carbocycles. The molecule has 1 aromatic carbocycles. The largest absolute Gasteiger partial charge is 0.487 e. The van der Waals surface area contributed by atoms with E-state index in [2.05, 4.69) is 22.9 Å². The fraction of sp³-hybridized carbons (Fsp3) is 0.556. The van der Waals surface area contributed by atoms with Gasteiger partial charge in [0.05, 0.1) is 11.0 Å². The summed E-state index contributed by atoms with van der Waals surface area (Å²) in [5.41, 5.74) is 0.488. The average molecular weight is 414 g/mol. The Balaban J connectivity index is 2.11. The third kappa shape index (κ3) is 5.11. The lowest BCUT2D eigenvalue weighted by molar-refractivity contribution is -0.142. The normalized spacial score (nSPS) is 20.4. The van der Waals surface area contributed by atoms with Crippen molar-refractivity contribution in [2.75, 3.05) is 6.54 Å². The standard InChI is InChI=1S/C18H24BrNO5/c1-5-11-6-7-15(13(19)8-11)24-12-9-14(16(21)22)20(10-12)17(23)25-18(2,3)4/h6-8,12,14H,5,9-10H2,1-4H3,(H,21,22)/t12-,14+/m1/s1. The number of hydrogen-bond donors (Lipinski definition) is 1. The van der Waals surface area contributed by atoms with Crippen LogP contribution in [0.1, 0.15) is 39.7 Å². The number of amides is 1. The van der Waals surface area contributed by atoms with Crippen molar-refractivity contribution >= 4 is 28.0 Å². The summed E-state index contributed by atoms with van der Waals surface area (Å²) in [7, 11) is 0. The molecule has 0 aromatic heterocycles. The first kappa shape index (κ1) is 19.6. The number of likely N-dealkylation sites (tertiary alicyclic amines) is 1. The van der Waals surface area contributed by atoms with E-state index < -0.39 is 29.8 Å². The molecule has 1 amide bonds. The Bertz CT molecular complexity index is 655. The van der Waals surface area contributed by atoms with Gasteiger partial charge in [-0.25, -0.2) is 9.59 Å². The van der Waals surface area contributed by atoms with E-state index in [0.29, 0.717) is 5.75 Å². The Labute approximate surface area is 156 Å². The quantitative estimate of drug-likeness (QED) is 0.810. The summed E-state index contributed by atoms with van der Waals surface area (Å²) in [5, 5.41) is 9.42. The maximum Gasteiger partial charge on any atom is 0.411 e. The molecule has 1 N–H and O–H groups in total. The lowest BCUT2D eigenvalue weighted by Gasteiger charge is -2.26. The SMILES string of the molecule is CCc1ccc(O[C@@H]2C[C@@H](C(=O)O)N(C(=O)OC(C)(C)C)C2)c(Br)c1. The maximum atomic E-state index is 12.3. The smallest absolute Gasteiger partial charge is 0.411 e. The number of halogens is 1. The summed E-state index contributed by atoms with van der Waals surface area (Å²) in [4.78, 5) is 25.0. The molecule has 25 heavy (non-hydrogen) atoms. The molecule has 138 valence electrons. The van der Waals surface area contributed by atoms with Crippen molar-refractivity contribution in [2.45, 2.75) is 58.3 Å². The van der Waals surface area contributed by atoms with Crippen LogP contribution in [0.15, 0.2) is 22.7 Å². The molecule has 1 aromatic rings. The summed E-state index contributed by atoms with van der Waals surface area (Å²) >= 11 is 3.48. The van der Waals surface area contributed by atoms with Gasteiger partial charge in [0.2, 0.25) is 0 Å². The van der Waals surface area contributed by atoms with E-state index in [0.717, 1.165) is 10.9 Å². The van der Waals surface area contributed by atoms with Crippen LogP contribution in [0.2, 0.25) is 0 Å². The van der Waals surface area contributed by atoms with Gasteiger partial charge >= 0.3 is 12.1 Å². The molecule has 0 saturated carbocycles. The van der Waals surface area contributed by atoms with Gasteiger partial charge in [-0.05, 0) is 60.8 Å². The molecule has 6 nitrogen and oxygen atoms in total. The first-order chi connectivity index (χ1) is 11.6. The van der Waals surface area contributed by atoms with Crippen LogP contribution in [0.4, 0.5) is 4.79 Å². The Morgan fingerprint density at radius 2 is 2.04 bits per heavy atom. The summed E-state index contributed by atoms with van der Waals surface area (Å²) in [6.45, 7) is 7.48. The first-order valence-electron chi connectivity index (χ1n) is 8.28. The third-order valence-corrected chi connectivity index (χ3v) is 4.49. The van der Waals surface area contributed by atoms with Gasteiger partial charge in [0, 0.05) is 6.42 Å². The predicted octanol–water partition coefficient (Wildman–Crippen LogP) is 3.85. The van der Waals surface area contributed by atoms with Crippen LogP contribution in [0, 0.1) is 0 Å². The summed E-state index contributed by atoms with van der Waals surface area (Å²) in [5.74, 6) is -0.422. The number of carboxylic acids is 1. The number of ether oxygens (including phenoxy) is 2. The van der Waals surface area contributed by atoms with Gasteiger partial charge in [-0.3, -0.25) is 4.90 Å². The number of carboxylic acid groups (broad SMARTS) is 1. The minimum atomic E-state index is -1.06. The fourth-order valence-corrected chi connectivity index (χ4v) is 3.20. The topological polar surface area (TPSA) is 76.1 Å². The number of carbonyl (C=O) groups is 2. The molecule has 7 heteroatoms. The highest BCUT2D eigenvalue weighted by molar-refractivity contribution is 9.10. The summed E-state index contributed by atoms with van der Waals surface area (Å²) < 4.78 is 12.1. The van der Waals surface area contributed by atoms with Crippen LogP contribution in [-0.2, 0) is 16.0 Å². The molecule has 1 saturated heterocycles. The summed E-state index contributed by atoms with van der Waals surface area (Å²) in [6.07, 6.45) is 0.0932. The van der Waals surface area contributed by atoms with Crippen molar-refractivity contribution in [3.8, 4) is 5.75 Å². The van der Waals surface area contributed by atoms with E-state index >= 15 is 0 Å². The molecular weight excluding hydrogens is 390 g/mol. The van der Waals surface area contributed by atoms with Gasteiger partial charge in [-0.1, -0.05) is 13.0 Å². The van der Waals surface area contributed by atoms with Crippen molar-refractivity contribution in [3.63, 3.8) is 0 Å². The molecule has 0 spiro atoms. The zero-order valence-corrected chi connectivity index (χ0v) is 16.5. The molecule has 1 aliphatic rings. The lowest BCUT2D eigenvalue weighted by atomic mass is 10.1. The third-order valence-electron chi connectivity index (χ3n) is 3.87. The Kier molecular flexibility index (Phi) is 5.98. The van der Waals surface area contributed by atoms with E-state index in [1.165, 1.54) is 10.5 Å². The number of carbonyl (C=O) groups excluding carboxylic acids is 1. The van der Waals surface area contributed by atoms with Crippen LogP contribution < -0.4 is 4.74 Å². The molecule has 1 heterocycles. The van der Waals surface area contributed by atoms with Crippen molar-refractivity contribution in [3.05, 3.63) is 28.2 Å². The highest BCUT2D eigenvalue weighted by Crippen LogP contribution is 2.31. The zero-order valence-electron chi connectivity index (χ0n) is 14.9. The minimum absolute atomic E-state index is 0.174. The van der Waals surface area contributed by atoms with Crippen LogP contribution in [0.3, 0.4) is 0 Å². The Hall–Kier alpha value is -1.76. The molecule has 0 radical (unpaired) electrons. The van der Waals surface area contributed by atoms with Gasteiger partial charge in [0.15, 0.2) is 0 Å². The van der Waals surface area contributed by atoms with E-state index in [9.17, 15) is 14.7 Å². The minimum Gasteiger partial charge on any atom is -0.487 e. The molecular formula is C18H24BrNO5. The number of aliphatic carboxylic acids is 1. The van der Waals surface area contributed by atoms with Crippen molar-refractivity contribution in [1.82, 2.24) is 4.90 Å². The van der Waals surface area contributed by atoms with Gasteiger partial charge in [0.25, 0.3) is 0 Å². The predicted molar refractivity (Wildman–Crippen MR) is 96.9 cm³/mol. The molecule has 2 atom stereocenters. The second-order valence-electron chi connectivity index (χ2n) is 7.08. The van der Waals surface area contributed by atoms with Crippen molar-refractivity contribution in [2.24, 2.45) is 0 Å². The molecule has 0 unspecified atom stereocenters. The number of hydrogen-bond acceptors (Lipinski definition) is 4. The van der Waals surface area contributed by atoms with E-state index in [1.807, 2.05) is 18.2 Å². The number of benzene rings is 1. The second-order valence-corrected chi connectivity index (χ2v) is 7.93. The van der Waals surface area contributed by atoms with Crippen molar-refractivity contribution < 1.29 is 24.2 Å². The number of rotatable bonds is 4. The first-order valence-corrected chi connectivity index (χ1v) is 9.07. The van der Waals surface area contributed by atoms with Crippen LogP contribution in [-0.4, -0.2) is 46.4 Å². The van der Waals surface area contributed by atoms with Gasteiger partial charge in [0.1, 0.15) is 23.5 Å². The molecule has 1 fully saturated rings. The Morgan fingerprint density at radius 3 is 2.56 bits per heavy atom. The highest BCUT2D eigenvalue weighted by Gasteiger charge is 2.42. The zero-order chi connectivity index (χ0) is 18.8. The second kappa shape index (κ2) is 7.64. The highest BCUT2D eigenvalue weighted by atomic mass is 79.9. The maximum absolute atomic E-state index is 12.3. The number of aryl methyl sites for hydroxylation is 1. The van der Waals surface area contributed by atoms with Gasteiger partial charge in [-0.15, -0.1) is 0 Å². The van der Waals surface area contributed by atoms with E-state index in [1.54, 1.807) is 20.8 Å². The number of nitrogens with zero attached hydrogens (tertiary/aromatic N) is 1. The van der Waals surface area contributed by atoms with Crippen LogP contribution >= 0.6 is 15.9 Å². The summed E-state index contributed by atoms with van der Waals surface area (Å²) in [6, 6.07) is 4.85. The fourth-order valence-electron chi connectivity index (χ4n) is 2.68. The Morgan fingerprint density at radius 1 is 1.36 bits per heavy atom. The van der Waals surface area contributed by atoms with Gasteiger partial charge < -0.3 is 14.6 Å². The lowest BCUT2D eigenvalue weighted by Crippen LogP contribution is -2.43. The van der Waals surface area contributed by atoms with Crippen LogP contribution in [0.25, 0.3) is 0 Å². The van der Waals surface area contributed by atoms with Gasteiger partial charge in [-0.2, -0.15) is 0 Å². The molecule has 2 rings (SSSR count). The van der Waals surface area contributed by atoms with Crippen molar-refractivity contribution in [1.29, 1.82) is 0 Å².